The van der Waals surface area contributed by atoms with Crippen LogP contribution in [0.5, 0.6) is 0 Å². The Morgan fingerprint density at radius 2 is 2.33 bits per heavy atom. The number of anilines is 1. The minimum Gasteiger partial charge on any atom is -0.374 e. The fraction of sp³-hybridized carbons (Fsp3) is 0.200. The lowest BCUT2D eigenvalue weighted by atomic mass is 9.92. The lowest BCUT2D eigenvalue weighted by molar-refractivity contribution is -0.133. The second kappa shape index (κ2) is 3.04. The highest BCUT2D eigenvalue weighted by molar-refractivity contribution is 6.05. The predicted octanol–water partition coefficient (Wildman–Crippen LogP) is 0.879. The molecule has 0 saturated heterocycles. The molecule has 0 bridgehead atoms. The second-order valence-electron chi connectivity index (χ2n) is 3.34. The summed E-state index contributed by atoms with van der Waals surface area (Å²) in [6.07, 6.45) is -0.394. The van der Waals surface area contributed by atoms with Gasteiger partial charge in [-0.25, -0.2) is 4.39 Å². The van der Waals surface area contributed by atoms with E-state index in [-0.39, 0.29) is 5.56 Å². The molecule has 1 aromatic carbocycles. The monoisotopic (exact) mass is 206 g/mol. The van der Waals surface area contributed by atoms with E-state index in [1.54, 1.807) is 6.07 Å². The lowest BCUT2D eigenvalue weighted by Gasteiger charge is -2.16. The lowest BCUT2D eigenvalue weighted by Crippen LogP contribution is -2.33. The number of nitrogens with zero attached hydrogens (tertiary/aromatic N) is 1. The zero-order valence-electron chi connectivity index (χ0n) is 7.62. The van der Waals surface area contributed by atoms with Crippen LogP contribution in [0.15, 0.2) is 18.2 Å². The van der Waals surface area contributed by atoms with Crippen LogP contribution in [-0.2, 0) is 10.4 Å². The first-order valence-corrected chi connectivity index (χ1v) is 4.29. The fourth-order valence-corrected chi connectivity index (χ4v) is 1.61. The van der Waals surface area contributed by atoms with Gasteiger partial charge < -0.3 is 10.4 Å². The quantitative estimate of drug-likeness (QED) is 0.716. The molecular weight excluding hydrogens is 199 g/mol. The number of hydrogen-bond acceptors (Lipinski definition) is 3. The third kappa shape index (κ3) is 1.27. The molecule has 1 heterocycles. The molecule has 15 heavy (non-hydrogen) atoms. The molecule has 1 aliphatic rings. The molecule has 1 unspecified atom stereocenters. The molecule has 5 heteroatoms. The number of rotatable bonds is 1. The Balaban J connectivity index is 2.58. The van der Waals surface area contributed by atoms with Gasteiger partial charge in [-0.3, -0.25) is 4.79 Å². The van der Waals surface area contributed by atoms with E-state index in [4.69, 9.17) is 5.26 Å². The minimum absolute atomic E-state index is 0.119. The van der Waals surface area contributed by atoms with Crippen molar-refractivity contribution in [3.63, 3.8) is 0 Å². The van der Waals surface area contributed by atoms with Gasteiger partial charge in [-0.15, -0.1) is 0 Å². The smallest absolute Gasteiger partial charge is 0.262 e. The Kier molecular flexibility index (Phi) is 1.95. The molecule has 0 aliphatic carbocycles. The molecule has 1 amide bonds. The predicted molar refractivity (Wildman–Crippen MR) is 49.2 cm³/mol. The summed E-state index contributed by atoms with van der Waals surface area (Å²) >= 11 is 0. The van der Waals surface area contributed by atoms with Crippen LogP contribution in [-0.4, -0.2) is 11.0 Å². The minimum atomic E-state index is -1.92. The third-order valence-electron chi connectivity index (χ3n) is 2.39. The van der Waals surface area contributed by atoms with Crippen molar-refractivity contribution in [1.29, 1.82) is 5.26 Å². The van der Waals surface area contributed by atoms with E-state index in [0.29, 0.717) is 5.69 Å². The van der Waals surface area contributed by atoms with Gasteiger partial charge in [0.05, 0.1) is 12.5 Å². The summed E-state index contributed by atoms with van der Waals surface area (Å²) in [6, 6.07) is 5.30. The molecule has 2 rings (SSSR count). The number of aliphatic hydroxyl groups is 1. The molecule has 0 saturated carbocycles. The standard InChI is InChI=1S/C10H7FN2O2/c11-6-1-2-8-7(5-6)10(15,3-4-12)9(14)13-8/h1-2,5,15H,3H2,(H,13,14). The molecule has 0 fully saturated rings. The van der Waals surface area contributed by atoms with Gasteiger partial charge in [0.15, 0.2) is 5.60 Å². The zero-order valence-corrected chi connectivity index (χ0v) is 7.62. The number of carbonyl (C=O) groups excluding carboxylic acids is 1. The molecule has 1 atom stereocenters. The topological polar surface area (TPSA) is 73.1 Å². The van der Waals surface area contributed by atoms with Crippen molar-refractivity contribution < 1.29 is 14.3 Å². The average molecular weight is 206 g/mol. The SMILES string of the molecule is N#CCC1(O)C(=O)Nc2ccc(F)cc21. The van der Waals surface area contributed by atoms with Gasteiger partial charge in [-0.05, 0) is 18.2 Å². The van der Waals surface area contributed by atoms with E-state index in [1.807, 2.05) is 0 Å². The van der Waals surface area contributed by atoms with E-state index in [2.05, 4.69) is 5.32 Å². The average Bonchev–Trinajstić information content (AvgIpc) is 2.42. The molecule has 2 N–H and O–H groups in total. The van der Waals surface area contributed by atoms with Crippen molar-refractivity contribution in [1.82, 2.24) is 0 Å². The van der Waals surface area contributed by atoms with Crippen molar-refractivity contribution >= 4 is 11.6 Å². The summed E-state index contributed by atoms with van der Waals surface area (Å²) in [5, 5.41) is 20.8. The summed E-state index contributed by atoms with van der Waals surface area (Å²) in [5.74, 6) is -1.24. The van der Waals surface area contributed by atoms with Crippen LogP contribution in [0.25, 0.3) is 0 Å². The number of fused-ring (bicyclic) bond motifs is 1. The maximum Gasteiger partial charge on any atom is 0.262 e. The highest BCUT2D eigenvalue weighted by Crippen LogP contribution is 2.38. The van der Waals surface area contributed by atoms with Crippen LogP contribution in [0.3, 0.4) is 0 Å². The van der Waals surface area contributed by atoms with Crippen molar-refractivity contribution in [3.8, 4) is 6.07 Å². The summed E-state index contributed by atoms with van der Waals surface area (Å²) < 4.78 is 12.9. The summed E-state index contributed by atoms with van der Waals surface area (Å²) in [6.45, 7) is 0. The van der Waals surface area contributed by atoms with E-state index in [0.717, 1.165) is 6.07 Å². The summed E-state index contributed by atoms with van der Waals surface area (Å²) in [5.41, 5.74) is -1.46. The molecule has 0 spiro atoms. The number of nitriles is 1. The van der Waals surface area contributed by atoms with Gasteiger partial charge in [-0.2, -0.15) is 5.26 Å². The first-order chi connectivity index (χ1) is 7.08. The summed E-state index contributed by atoms with van der Waals surface area (Å²) in [7, 11) is 0. The molecule has 0 aromatic heterocycles. The highest BCUT2D eigenvalue weighted by Gasteiger charge is 2.45. The zero-order chi connectivity index (χ0) is 11.1. The molecule has 76 valence electrons. The van der Waals surface area contributed by atoms with Crippen molar-refractivity contribution in [3.05, 3.63) is 29.6 Å². The molecule has 0 radical (unpaired) electrons. The summed E-state index contributed by atoms with van der Waals surface area (Å²) in [4.78, 5) is 11.4. The van der Waals surface area contributed by atoms with Crippen LogP contribution < -0.4 is 5.32 Å². The number of nitrogens with one attached hydrogen (secondary N) is 1. The Morgan fingerprint density at radius 3 is 3.00 bits per heavy atom. The van der Waals surface area contributed by atoms with Crippen LogP contribution in [0.2, 0.25) is 0 Å². The van der Waals surface area contributed by atoms with Gasteiger partial charge in [0, 0.05) is 11.3 Å². The maximum atomic E-state index is 12.9. The Bertz CT molecular complexity index is 481. The molecule has 4 nitrogen and oxygen atoms in total. The molecular formula is C10H7FN2O2. The number of carbonyl (C=O) groups is 1. The molecule has 1 aliphatic heterocycles. The first kappa shape index (κ1) is 9.62. The van der Waals surface area contributed by atoms with Gasteiger partial charge in [-0.1, -0.05) is 0 Å². The molecule has 1 aromatic rings. The Hall–Kier alpha value is -1.93. The van der Waals surface area contributed by atoms with Gasteiger partial charge in [0.25, 0.3) is 5.91 Å². The fourth-order valence-electron chi connectivity index (χ4n) is 1.61. The van der Waals surface area contributed by atoms with E-state index in [9.17, 15) is 14.3 Å². The highest BCUT2D eigenvalue weighted by atomic mass is 19.1. The number of hydrogen-bond donors (Lipinski definition) is 2. The van der Waals surface area contributed by atoms with Crippen LogP contribution in [0.4, 0.5) is 10.1 Å². The Labute approximate surface area is 84.9 Å². The van der Waals surface area contributed by atoms with E-state index >= 15 is 0 Å². The second-order valence-corrected chi connectivity index (χ2v) is 3.34. The van der Waals surface area contributed by atoms with Crippen molar-refractivity contribution in [2.75, 3.05) is 5.32 Å². The first-order valence-electron chi connectivity index (χ1n) is 4.29. The number of halogens is 1. The van der Waals surface area contributed by atoms with Crippen LogP contribution in [0, 0.1) is 17.1 Å². The van der Waals surface area contributed by atoms with Crippen LogP contribution >= 0.6 is 0 Å². The van der Waals surface area contributed by atoms with Gasteiger partial charge >= 0.3 is 0 Å². The van der Waals surface area contributed by atoms with E-state index < -0.39 is 23.7 Å². The Morgan fingerprint density at radius 1 is 1.60 bits per heavy atom. The van der Waals surface area contributed by atoms with Gasteiger partial charge in [0.1, 0.15) is 5.82 Å². The number of benzene rings is 1. The van der Waals surface area contributed by atoms with Crippen molar-refractivity contribution in [2.45, 2.75) is 12.0 Å². The normalized spacial score (nSPS) is 23.1. The van der Waals surface area contributed by atoms with Crippen LogP contribution in [0.1, 0.15) is 12.0 Å². The van der Waals surface area contributed by atoms with Crippen molar-refractivity contribution in [2.24, 2.45) is 0 Å². The maximum absolute atomic E-state index is 12.9. The van der Waals surface area contributed by atoms with E-state index in [1.165, 1.54) is 12.1 Å². The number of amides is 1. The largest absolute Gasteiger partial charge is 0.374 e. The van der Waals surface area contributed by atoms with Gasteiger partial charge in [0.2, 0.25) is 0 Å². The third-order valence-corrected chi connectivity index (χ3v) is 2.39.